The van der Waals surface area contributed by atoms with Crippen LogP contribution >= 0.6 is 11.6 Å². The van der Waals surface area contributed by atoms with E-state index in [4.69, 9.17) is 11.6 Å². The highest BCUT2D eigenvalue weighted by atomic mass is 35.5. The van der Waals surface area contributed by atoms with Crippen molar-refractivity contribution in [2.45, 2.75) is 6.43 Å². The smallest absolute Gasteiger partial charge is 0.265 e. The van der Waals surface area contributed by atoms with Gasteiger partial charge >= 0.3 is 0 Å². The number of benzene rings is 2. The van der Waals surface area contributed by atoms with Gasteiger partial charge in [0, 0.05) is 27.9 Å². The molecule has 0 fully saturated rings. The largest absolute Gasteiger partial charge is 0.283 e. The van der Waals surface area contributed by atoms with Crippen LogP contribution in [0.5, 0.6) is 0 Å². The van der Waals surface area contributed by atoms with Crippen molar-refractivity contribution in [2.24, 2.45) is 0 Å². The molecular weight excluding hydrogens is 296 g/mol. The van der Waals surface area contributed by atoms with Gasteiger partial charge in [-0.2, -0.15) is 0 Å². The van der Waals surface area contributed by atoms with Crippen LogP contribution in [-0.2, 0) is 0 Å². The summed E-state index contributed by atoms with van der Waals surface area (Å²) in [6, 6.07) is 13.0. The van der Waals surface area contributed by atoms with Crippen LogP contribution < -0.4 is 5.56 Å². The molecule has 2 nitrogen and oxygen atoms in total. The van der Waals surface area contributed by atoms with E-state index in [0.29, 0.717) is 10.7 Å². The minimum Gasteiger partial charge on any atom is -0.283 e. The van der Waals surface area contributed by atoms with E-state index < -0.39 is 6.43 Å². The van der Waals surface area contributed by atoms with Crippen molar-refractivity contribution in [3.8, 4) is 5.69 Å². The summed E-state index contributed by atoms with van der Waals surface area (Å²) in [5.74, 6) is 0. The van der Waals surface area contributed by atoms with Crippen LogP contribution in [0.4, 0.5) is 8.78 Å². The Morgan fingerprint density at radius 1 is 1.00 bits per heavy atom. The normalized spacial score (nSPS) is 11.2. The Balaban J connectivity index is 2.42. The maximum Gasteiger partial charge on any atom is 0.265 e. The van der Waals surface area contributed by atoms with Crippen LogP contribution in [0, 0.1) is 0 Å². The lowest BCUT2D eigenvalue weighted by molar-refractivity contribution is 0.152. The summed E-state index contributed by atoms with van der Waals surface area (Å²) in [5, 5.41) is 0.751. The van der Waals surface area contributed by atoms with Gasteiger partial charge in [-0.1, -0.05) is 35.9 Å². The standard InChI is InChI=1S/C16H10ClF2NO/c17-10-6-7-12-13(8-10)16(21)20(9-14(12)15(18)19)11-4-2-1-3-5-11/h1-9,15H. The molecule has 5 heteroatoms. The zero-order valence-electron chi connectivity index (χ0n) is 10.8. The number of fused-ring (bicyclic) bond motifs is 1. The van der Waals surface area contributed by atoms with Crippen LogP contribution in [0.15, 0.2) is 59.5 Å². The summed E-state index contributed by atoms with van der Waals surface area (Å²) in [6.07, 6.45) is -1.48. The van der Waals surface area contributed by atoms with E-state index in [1.807, 2.05) is 0 Å². The van der Waals surface area contributed by atoms with Crippen LogP contribution in [0.3, 0.4) is 0 Å². The van der Waals surface area contributed by atoms with E-state index in [1.165, 1.54) is 29.0 Å². The second-order valence-electron chi connectivity index (χ2n) is 4.59. The maximum absolute atomic E-state index is 13.3. The highest BCUT2D eigenvalue weighted by molar-refractivity contribution is 6.31. The van der Waals surface area contributed by atoms with Gasteiger partial charge in [-0.15, -0.1) is 0 Å². The Bertz CT molecular complexity index is 859. The summed E-state index contributed by atoms with van der Waals surface area (Å²) >= 11 is 5.89. The second kappa shape index (κ2) is 5.30. The van der Waals surface area contributed by atoms with Crippen LogP contribution in [-0.4, -0.2) is 4.57 Å². The first-order valence-corrected chi connectivity index (χ1v) is 6.64. The van der Waals surface area contributed by atoms with E-state index >= 15 is 0 Å². The molecule has 0 saturated carbocycles. The van der Waals surface area contributed by atoms with Crippen molar-refractivity contribution in [3.63, 3.8) is 0 Å². The molecule has 106 valence electrons. The topological polar surface area (TPSA) is 22.0 Å². The number of hydrogen-bond acceptors (Lipinski definition) is 1. The van der Waals surface area contributed by atoms with Crippen molar-refractivity contribution in [1.82, 2.24) is 4.57 Å². The van der Waals surface area contributed by atoms with Crippen LogP contribution in [0.25, 0.3) is 16.5 Å². The minimum absolute atomic E-state index is 0.184. The van der Waals surface area contributed by atoms with Crippen molar-refractivity contribution < 1.29 is 8.78 Å². The first-order chi connectivity index (χ1) is 10.1. The zero-order chi connectivity index (χ0) is 15.0. The number of para-hydroxylation sites is 1. The molecule has 0 bridgehead atoms. The van der Waals surface area contributed by atoms with Crippen molar-refractivity contribution >= 4 is 22.4 Å². The number of halogens is 3. The summed E-state index contributed by atoms with van der Waals surface area (Å²) in [6.45, 7) is 0. The lowest BCUT2D eigenvalue weighted by Gasteiger charge is -2.12. The predicted octanol–water partition coefficient (Wildman–Crippen LogP) is 4.58. The summed E-state index contributed by atoms with van der Waals surface area (Å²) in [5.41, 5.74) is -0.0282. The van der Waals surface area contributed by atoms with E-state index in [1.54, 1.807) is 30.3 Å². The minimum atomic E-state index is -2.68. The van der Waals surface area contributed by atoms with Crippen molar-refractivity contribution in [1.29, 1.82) is 0 Å². The fourth-order valence-electron chi connectivity index (χ4n) is 2.30. The maximum atomic E-state index is 13.3. The highest BCUT2D eigenvalue weighted by Gasteiger charge is 2.16. The van der Waals surface area contributed by atoms with Gasteiger partial charge in [0.25, 0.3) is 12.0 Å². The molecular formula is C16H10ClF2NO. The summed E-state index contributed by atoms with van der Waals surface area (Å²) in [4.78, 5) is 12.5. The third-order valence-corrected chi connectivity index (χ3v) is 3.51. The monoisotopic (exact) mass is 305 g/mol. The molecule has 0 amide bonds. The Kier molecular flexibility index (Phi) is 3.47. The van der Waals surface area contributed by atoms with Gasteiger partial charge < -0.3 is 0 Å². The Morgan fingerprint density at radius 3 is 2.38 bits per heavy atom. The molecule has 3 rings (SSSR count). The quantitative estimate of drug-likeness (QED) is 0.679. The molecule has 0 spiro atoms. The molecule has 2 aromatic carbocycles. The Hall–Kier alpha value is -2.20. The van der Waals surface area contributed by atoms with E-state index in [2.05, 4.69) is 0 Å². The molecule has 0 radical (unpaired) electrons. The molecule has 1 heterocycles. The molecule has 0 aliphatic heterocycles. The first-order valence-electron chi connectivity index (χ1n) is 6.26. The van der Waals surface area contributed by atoms with Gasteiger partial charge in [-0.25, -0.2) is 8.78 Å². The number of alkyl halides is 2. The van der Waals surface area contributed by atoms with Crippen LogP contribution in [0.1, 0.15) is 12.0 Å². The fraction of sp³-hybridized carbons (Fsp3) is 0.0625. The SMILES string of the molecule is O=c1c2cc(Cl)ccc2c(C(F)F)cn1-c1ccccc1. The molecule has 0 N–H and O–H groups in total. The Labute approximate surface area is 124 Å². The number of nitrogens with zero attached hydrogens (tertiary/aromatic N) is 1. The lowest BCUT2D eigenvalue weighted by Crippen LogP contribution is -2.19. The van der Waals surface area contributed by atoms with E-state index in [0.717, 1.165) is 0 Å². The Morgan fingerprint density at radius 2 is 1.71 bits per heavy atom. The van der Waals surface area contributed by atoms with Gasteiger partial charge in [0.2, 0.25) is 0 Å². The van der Waals surface area contributed by atoms with E-state index in [-0.39, 0.29) is 21.9 Å². The summed E-state index contributed by atoms with van der Waals surface area (Å²) in [7, 11) is 0. The number of aromatic nitrogens is 1. The molecule has 1 aromatic heterocycles. The third-order valence-electron chi connectivity index (χ3n) is 3.28. The first kappa shape index (κ1) is 13.8. The summed E-state index contributed by atoms with van der Waals surface area (Å²) < 4.78 is 27.8. The highest BCUT2D eigenvalue weighted by Crippen LogP contribution is 2.28. The molecule has 3 aromatic rings. The van der Waals surface area contributed by atoms with Gasteiger partial charge in [-0.3, -0.25) is 9.36 Å². The molecule has 0 aliphatic carbocycles. The number of hydrogen-bond donors (Lipinski definition) is 0. The number of rotatable bonds is 2. The zero-order valence-corrected chi connectivity index (χ0v) is 11.5. The van der Waals surface area contributed by atoms with Gasteiger partial charge in [0.15, 0.2) is 0 Å². The average molecular weight is 306 g/mol. The molecule has 21 heavy (non-hydrogen) atoms. The molecule has 0 saturated heterocycles. The second-order valence-corrected chi connectivity index (χ2v) is 5.02. The predicted molar refractivity (Wildman–Crippen MR) is 79.5 cm³/mol. The van der Waals surface area contributed by atoms with Crippen molar-refractivity contribution in [2.75, 3.05) is 0 Å². The fourth-order valence-corrected chi connectivity index (χ4v) is 2.47. The van der Waals surface area contributed by atoms with E-state index in [9.17, 15) is 13.6 Å². The van der Waals surface area contributed by atoms with Crippen molar-refractivity contribution in [3.05, 3.63) is 75.7 Å². The van der Waals surface area contributed by atoms with Gasteiger partial charge in [0.05, 0.1) is 0 Å². The third kappa shape index (κ3) is 2.43. The molecule has 0 atom stereocenters. The van der Waals surface area contributed by atoms with Gasteiger partial charge in [-0.05, 0) is 29.7 Å². The lowest BCUT2D eigenvalue weighted by atomic mass is 10.1. The molecule has 0 aliphatic rings. The van der Waals surface area contributed by atoms with Gasteiger partial charge in [0.1, 0.15) is 0 Å². The number of pyridine rings is 1. The van der Waals surface area contributed by atoms with Crippen LogP contribution in [0.2, 0.25) is 5.02 Å². The molecule has 0 unspecified atom stereocenters. The average Bonchev–Trinajstić information content (AvgIpc) is 2.48.